The van der Waals surface area contributed by atoms with Crippen molar-refractivity contribution in [3.05, 3.63) is 0 Å². The third-order valence-electron chi connectivity index (χ3n) is 3.63. The van der Waals surface area contributed by atoms with Gasteiger partial charge in [-0.25, -0.2) is 0 Å². The van der Waals surface area contributed by atoms with E-state index in [4.69, 9.17) is 0 Å². The molecule has 1 aliphatic heterocycles. The summed E-state index contributed by atoms with van der Waals surface area (Å²) in [5.41, 5.74) is -0.467. The fraction of sp³-hybridized carbons (Fsp3) is 0.727. The minimum Gasteiger partial charge on any atom is -0.358 e. The Bertz CT molecular complexity index is 345. The van der Waals surface area contributed by atoms with E-state index in [-0.39, 0.29) is 24.3 Å². The van der Waals surface area contributed by atoms with E-state index in [2.05, 4.69) is 5.32 Å². The standard InChI is InChI=1S/C11H16N2O3/c1-12-8(14)7-13-9(15)6-11(10(13)16)4-2-3-5-11/h2-7H2,1H3,(H,12,14). The second-order valence-corrected chi connectivity index (χ2v) is 4.62. The summed E-state index contributed by atoms with van der Waals surface area (Å²) in [5, 5.41) is 2.43. The Labute approximate surface area is 94.2 Å². The Hall–Kier alpha value is -1.39. The van der Waals surface area contributed by atoms with E-state index < -0.39 is 5.41 Å². The molecule has 1 heterocycles. The highest BCUT2D eigenvalue weighted by Gasteiger charge is 2.52. The molecule has 1 N–H and O–H groups in total. The van der Waals surface area contributed by atoms with Gasteiger partial charge in [0.15, 0.2) is 0 Å². The molecule has 1 aliphatic carbocycles. The maximum absolute atomic E-state index is 12.1. The Morgan fingerprint density at radius 2 is 2.00 bits per heavy atom. The first-order valence-corrected chi connectivity index (χ1v) is 5.64. The highest BCUT2D eigenvalue weighted by Crippen LogP contribution is 2.46. The molecule has 1 spiro atoms. The van der Waals surface area contributed by atoms with Crippen LogP contribution in [0.5, 0.6) is 0 Å². The van der Waals surface area contributed by atoms with E-state index >= 15 is 0 Å². The summed E-state index contributed by atoms with van der Waals surface area (Å²) in [5.74, 6) is -0.633. The summed E-state index contributed by atoms with van der Waals surface area (Å²) in [4.78, 5) is 36.2. The van der Waals surface area contributed by atoms with E-state index in [1.165, 1.54) is 7.05 Å². The van der Waals surface area contributed by atoms with Crippen LogP contribution < -0.4 is 5.32 Å². The normalized spacial score (nSPS) is 23.2. The van der Waals surface area contributed by atoms with Gasteiger partial charge in [0, 0.05) is 13.5 Å². The smallest absolute Gasteiger partial charge is 0.239 e. The number of carbonyl (C=O) groups excluding carboxylic acids is 3. The van der Waals surface area contributed by atoms with Crippen molar-refractivity contribution in [1.82, 2.24) is 10.2 Å². The Kier molecular flexibility index (Phi) is 2.69. The Balaban J connectivity index is 2.13. The largest absolute Gasteiger partial charge is 0.358 e. The first kappa shape index (κ1) is 11.1. The van der Waals surface area contributed by atoms with Gasteiger partial charge in [-0.05, 0) is 12.8 Å². The van der Waals surface area contributed by atoms with Crippen LogP contribution in [-0.4, -0.2) is 36.2 Å². The zero-order valence-electron chi connectivity index (χ0n) is 9.41. The topological polar surface area (TPSA) is 66.5 Å². The van der Waals surface area contributed by atoms with Gasteiger partial charge in [0.25, 0.3) is 0 Å². The van der Waals surface area contributed by atoms with Gasteiger partial charge in [0.1, 0.15) is 6.54 Å². The fourth-order valence-electron chi connectivity index (χ4n) is 2.69. The Morgan fingerprint density at radius 1 is 1.38 bits per heavy atom. The summed E-state index contributed by atoms with van der Waals surface area (Å²) < 4.78 is 0. The van der Waals surface area contributed by atoms with E-state index in [0.29, 0.717) is 6.42 Å². The third kappa shape index (κ3) is 1.60. The monoisotopic (exact) mass is 224 g/mol. The molecule has 0 aromatic heterocycles. The molecule has 1 saturated heterocycles. The van der Waals surface area contributed by atoms with Gasteiger partial charge in [-0.2, -0.15) is 0 Å². The number of hydrogen-bond acceptors (Lipinski definition) is 3. The van der Waals surface area contributed by atoms with Gasteiger partial charge < -0.3 is 5.32 Å². The van der Waals surface area contributed by atoms with Crippen LogP contribution in [0.2, 0.25) is 0 Å². The molecule has 0 bridgehead atoms. The molecule has 0 unspecified atom stereocenters. The summed E-state index contributed by atoms with van der Waals surface area (Å²) in [6, 6.07) is 0. The first-order chi connectivity index (χ1) is 7.59. The van der Waals surface area contributed by atoms with Crippen LogP contribution in [0.1, 0.15) is 32.1 Å². The molecular formula is C11H16N2O3. The van der Waals surface area contributed by atoms with Crippen LogP contribution in [0.3, 0.4) is 0 Å². The van der Waals surface area contributed by atoms with Crippen molar-refractivity contribution in [3.8, 4) is 0 Å². The molecular weight excluding hydrogens is 208 g/mol. The summed E-state index contributed by atoms with van der Waals surface area (Å²) in [6.07, 6.45) is 3.89. The van der Waals surface area contributed by atoms with E-state index in [1.54, 1.807) is 0 Å². The van der Waals surface area contributed by atoms with Gasteiger partial charge in [-0.3, -0.25) is 19.3 Å². The van der Waals surface area contributed by atoms with E-state index in [9.17, 15) is 14.4 Å². The SMILES string of the molecule is CNC(=O)CN1C(=O)CC2(CCCC2)C1=O. The average Bonchev–Trinajstić information content (AvgIpc) is 2.81. The number of nitrogens with one attached hydrogen (secondary N) is 1. The third-order valence-corrected chi connectivity index (χ3v) is 3.63. The number of imide groups is 1. The summed E-state index contributed by atoms with van der Waals surface area (Å²) in [6.45, 7) is -0.129. The number of amides is 3. The van der Waals surface area contributed by atoms with Crippen molar-refractivity contribution in [1.29, 1.82) is 0 Å². The predicted molar refractivity (Wildman–Crippen MR) is 56.3 cm³/mol. The molecule has 0 aromatic carbocycles. The van der Waals surface area contributed by atoms with Gasteiger partial charge in [0.2, 0.25) is 17.7 Å². The minimum absolute atomic E-state index is 0.129. The lowest BCUT2D eigenvalue weighted by Gasteiger charge is -2.20. The quantitative estimate of drug-likeness (QED) is 0.674. The molecule has 0 aromatic rings. The number of nitrogens with zero attached hydrogens (tertiary/aromatic N) is 1. The van der Waals surface area contributed by atoms with Crippen molar-refractivity contribution in [3.63, 3.8) is 0 Å². The van der Waals surface area contributed by atoms with Crippen LogP contribution >= 0.6 is 0 Å². The lowest BCUT2D eigenvalue weighted by molar-refractivity contribution is -0.144. The zero-order chi connectivity index (χ0) is 11.8. The number of likely N-dealkylation sites (tertiary alicyclic amines) is 1. The number of rotatable bonds is 2. The second kappa shape index (κ2) is 3.88. The summed E-state index contributed by atoms with van der Waals surface area (Å²) in [7, 11) is 1.50. The minimum atomic E-state index is -0.467. The molecule has 88 valence electrons. The maximum Gasteiger partial charge on any atom is 0.239 e. The van der Waals surface area contributed by atoms with Gasteiger partial charge in [-0.15, -0.1) is 0 Å². The fourth-order valence-corrected chi connectivity index (χ4v) is 2.69. The molecule has 2 aliphatic rings. The van der Waals surface area contributed by atoms with Crippen molar-refractivity contribution in [2.24, 2.45) is 5.41 Å². The Morgan fingerprint density at radius 3 is 2.56 bits per heavy atom. The van der Waals surface area contributed by atoms with Gasteiger partial charge in [-0.1, -0.05) is 12.8 Å². The van der Waals surface area contributed by atoms with Crippen LogP contribution in [0, 0.1) is 5.41 Å². The second-order valence-electron chi connectivity index (χ2n) is 4.62. The average molecular weight is 224 g/mol. The van der Waals surface area contributed by atoms with Crippen LogP contribution in [0.4, 0.5) is 0 Å². The zero-order valence-corrected chi connectivity index (χ0v) is 9.41. The molecule has 5 heteroatoms. The van der Waals surface area contributed by atoms with Crippen LogP contribution in [0.15, 0.2) is 0 Å². The number of carbonyl (C=O) groups is 3. The highest BCUT2D eigenvalue weighted by atomic mass is 16.2. The number of hydrogen-bond donors (Lipinski definition) is 1. The molecule has 3 amide bonds. The predicted octanol–water partition coefficient (Wildman–Crippen LogP) is 0.0517. The molecule has 2 fully saturated rings. The van der Waals surface area contributed by atoms with E-state index in [0.717, 1.165) is 30.6 Å². The van der Waals surface area contributed by atoms with Crippen LogP contribution in [0.25, 0.3) is 0 Å². The molecule has 0 radical (unpaired) electrons. The van der Waals surface area contributed by atoms with Gasteiger partial charge in [0.05, 0.1) is 5.41 Å². The van der Waals surface area contributed by atoms with Crippen molar-refractivity contribution < 1.29 is 14.4 Å². The molecule has 1 saturated carbocycles. The molecule has 0 atom stereocenters. The first-order valence-electron chi connectivity index (χ1n) is 5.64. The van der Waals surface area contributed by atoms with Crippen LogP contribution in [-0.2, 0) is 14.4 Å². The summed E-state index contributed by atoms with van der Waals surface area (Å²) >= 11 is 0. The molecule has 2 rings (SSSR count). The number of likely N-dealkylation sites (N-methyl/N-ethyl adjacent to an activating group) is 1. The van der Waals surface area contributed by atoms with Crippen molar-refractivity contribution in [2.45, 2.75) is 32.1 Å². The van der Waals surface area contributed by atoms with E-state index in [1.807, 2.05) is 0 Å². The van der Waals surface area contributed by atoms with Gasteiger partial charge >= 0.3 is 0 Å². The maximum atomic E-state index is 12.1. The molecule has 16 heavy (non-hydrogen) atoms. The highest BCUT2D eigenvalue weighted by molar-refractivity contribution is 6.08. The lowest BCUT2D eigenvalue weighted by atomic mass is 9.84. The van der Waals surface area contributed by atoms with Crippen molar-refractivity contribution >= 4 is 17.7 Å². The lowest BCUT2D eigenvalue weighted by Crippen LogP contribution is -2.41. The molecule has 5 nitrogen and oxygen atoms in total. The van der Waals surface area contributed by atoms with Crippen molar-refractivity contribution in [2.75, 3.05) is 13.6 Å².